The van der Waals surface area contributed by atoms with Gasteiger partial charge >= 0.3 is 11.9 Å². The average Bonchev–Trinajstić information content (AvgIpc) is 2.63. The van der Waals surface area contributed by atoms with Crippen molar-refractivity contribution in [1.29, 1.82) is 0 Å². The Kier molecular flexibility index (Phi) is 3.95. The van der Waals surface area contributed by atoms with E-state index in [4.69, 9.17) is 0 Å². The van der Waals surface area contributed by atoms with Crippen LogP contribution in [0.4, 0.5) is 13.2 Å². The number of aliphatic hydroxyl groups excluding tert-OH is 2. The van der Waals surface area contributed by atoms with Gasteiger partial charge in [-0.2, -0.15) is 13.2 Å². The lowest BCUT2D eigenvalue weighted by molar-refractivity contribution is -0.137. The van der Waals surface area contributed by atoms with Gasteiger partial charge in [-0.15, -0.1) is 0 Å². The first-order chi connectivity index (χ1) is 12.7. The lowest BCUT2D eigenvalue weighted by Gasteiger charge is -2.24. The Balaban J connectivity index is 2.18. The molecule has 140 valence electrons. The largest absolute Gasteiger partial charge is 0.416 e. The number of alkyl halides is 3. The average molecular weight is 396 g/mol. The van der Waals surface area contributed by atoms with Gasteiger partial charge < -0.3 is 10.2 Å². The second-order valence-electron chi connectivity index (χ2n) is 5.89. The first kappa shape index (κ1) is 17.8. The Bertz CT molecular complexity index is 1200. The minimum absolute atomic E-state index is 0.0394. The van der Waals surface area contributed by atoms with Gasteiger partial charge in [0.15, 0.2) is 6.23 Å². The van der Waals surface area contributed by atoms with Crippen LogP contribution in [0.2, 0.25) is 0 Å². The molecule has 0 saturated heterocycles. The van der Waals surface area contributed by atoms with Crippen molar-refractivity contribution in [1.82, 2.24) is 9.13 Å². The number of para-hydroxylation sites is 1. The molecule has 0 aliphatic carbocycles. The zero-order chi connectivity index (χ0) is 19.5. The highest BCUT2D eigenvalue weighted by Crippen LogP contribution is 2.43. The van der Waals surface area contributed by atoms with Crippen LogP contribution in [0.3, 0.4) is 0 Å². The summed E-state index contributed by atoms with van der Waals surface area (Å²) in [6, 6.07) is 7.65. The van der Waals surface area contributed by atoms with E-state index < -0.39 is 35.8 Å². The number of benzene rings is 2. The van der Waals surface area contributed by atoms with Crippen LogP contribution in [0.25, 0.3) is 16.6 Å². The van der Waals surface area contributed by atoms with Crippen molar-refractivity contribution in [3.05, 3.63) is 62.8 Å². The van der Waals surface area contributed by atoms with E-state index in [9.17, 15) is 33.0 Å². The molecule has 0 amide bonds. The van der Waals surface area contributed by atoms with E-state index in [-0.39, 0.29) is 16.6 Å². The fourth-order valence-corrected chi connectivity index (χ4v) is 4.14. The number of hydrogen-bond acceptors (Lipinski definition) is 5. The summed E-state index contributed by atoms with van der Waals surface area (Å²) in [5, 5.41) is 19.1. The summed E-state index contributed by atoms with van der Waals surface area (Å²) in [5.41, 5.74) is -2.66. The molecule has 10 heteroatoms. The highest BCUT2D eigenvalue weighted by molar-refractivity contribution is 7.99. The van der Waals surface area contributed by atoms with E-state index in [1.807, 2.05) is 0 Å². The second-order valence-corrected chi connectivity index (χ2v) is 6.97. The number of fused-ring (bicyclic) bond motifs is 2. The van der Waals surface area contributed by atoms with Crippen LogP contribution in [0.1, 0.15) is 11.8 Å². The lowest BCUT2D eigenvalue weighted by Crippen LogP contribution is -2.43. The minimum atomic E-state index is -4.61. The molecule has 0 spiro atoms. The Labute approximate surface area is 153 Å². The summed E-state index contributed by atoms with van der Waals surface area (Å²) in [6.45, 7) is -0.898. The van der Waals surface area contributed by atoms with Crippen molar-refractivity contribution < 1.29 is 23.4 Å². The molecule has 2 aromatic carbocycles. The van der Waals surface area contributed by atoms with Gasteiger partial charge in [0.05, 0.1) is 28.8 Å². The monoisotopic (exact) mass is 396 g/mol. The van der Waals surface area contributed by atoms with Gasteiger partial charge in [-0.25, -0.2) is 9.36 Å². The van der Waals surface area contributed by atoms with Gasteiger partial charge in [0.25, 0.3) is 5.56 Å². The topological polar surface area (TPSA) is 84.5 Å². The van der Waals surface area contributed by atoms with Gasteiger partial charge in [-0.3, -0.25) is 9.36 Å². The van der Waals surface area contributed by atoms with Gasteiger partial charge in [-0.1, -0.05) is 17.8 Å². The maximum absolute atomic E-state index is 13.1. The van der Waals surface area contributed by atoms with Crippen LogP contribution in [-0.4, -0.2) is 26.0 Å². The molecule has 4 rings (SSSR count). The smallest absolute Gasteiger partial charge is 0.392 e. The van der Waals surface area contributed by atoms with Gasteiger partial charge in [0, 0.05) is 9.79 Å². The standard InChI is InChI=1S/C17H11F3N2O4S/c18-17(19,20)8-4-5-11-10(6-8)21-14-9(2-1-3-12(14)27-11)15(25)22(16(21)26)13(24)7-23/h1-6,13,23-24H,7H2. The number of nitrogens with zero attached hydrogens (tertiary/aromatic N) is 2. The molecule has 1 aliphatic heterocycles. The molecule has 27 heavy (non-hydrogen) atoms. The molecule has 1 aliphatic rings. The van der Waals surface area contributed by atoms with E-state index in [2.05, 4.69) is 0 Å². The molecule has 0 radical (unpaired) electrons. The van der Waals surface area contributed by atoms with E-state index in [1.54, 1.807) is 12.1 Å². The van der Waals surface area contributed by atoms with Crippen LogP contribution in [-0.2, 0) is 6.18 Å². The Morgan fingerprint density at radius 3 is 2.52 bits per heavy atom. The van der Waals surface area contributed by atoms with Crippen LogP contribution in [0, 0.1) is 0 Å². The van der Waals surface area contributed by atoms with Gasteiger partial charge in [0.1, 0.15) is 0 Å². The second kappa shape index (κ2) is 5.98. The molecule has 0 fully saturated rings. The normalized spacial score (nSPS) is 14.3. The van der Waals surface area contributed by atoms with Crippen LogP contribution in [0.15, 0.2) is 55.8 Å². The highest BCUT2D eigenvalue weighted by atomic mass is 32.2. The summed E-state index contributed by atoms with van der Waals surface area (Å²) in [6.07, 6.45) is -6.43. The van der Waals surface area contributed by atoms with Crippen molar-refractivity contribution in [3.63, 3.8) is 0 Å². The first-order valence-corrected chi connectivity index (χ1v) is 8.54. The molecular formula is C17H11F3N2O4S. The van der Waals surface area contributed by atoms with Crippen molar-refractivity contribution in [2.45, 2.75) is 22.2 Å². The molecule has 1 aromatic heterocycles. The van der Waals surface area contributed by atoms with Crippen LogP contribution >= 0.6 is 11.8 Å². The fraction of sp³-hybridized carbons (Fsp3) is 0.176. The molecule has 6 nitrogen and oxygen atoms in total. The number of aromatic nitrogens is 2. The number of aliphatic hydroxyl groups is 2. The lowest BCUT2D eigenvalue weighted by atomic mass is 10.1. The quantitative estimate of drug-likeness (QED) is 0.542. The van der Waals surface area contributed by atoms with E-state index in [1.165, 1.54) is 12.1 Å². The Morgan fingerprint density at radius 1 is 1.11 bits per heavy atom. The first-order valence-electron chi connectivity index (χ1n) is 7.72. The molecule has 3 aromatic rings. The summed E-state index contributed by atoms with van der Waals surface area (Å²) >= 11 is 1.14. The Morgan fingerprint density at radius 2 is 1.85 bits per heavy atom. The highest BCUT2D eigenvalue weighted by Gasteiger charge is 2.33. The molecule has 0 saturated carbocycles. The van der Waals surface area contributed by atoms with E-state index in [0.717, 1.165) is 28.5 Å². The number of halogens is 3. The maximum Gasteiger partial charge on any atom is 0.416 e. The van der Waals surface area contributed by atoms with Crippen molar-refractivity contribution >= 4 is 22.7 Å². The number of hydrogen-bond donors (Lipinski definition) is 2. The molecule has 2 heterocycles. The molecular weight excluding hydrogens is 385 g/mol. The third-order valence-corrected chi connectivity index (χ3v) is 5.39. The zero-order valence-corrected chi connectivity index (χ0v) is 14.2. The van der Waals surface area contributed by atoms with E-state index in [0.29, 0.717) is 14.4 Å². The summed E-state index contributed by atoms with van der Waals surface area (Å²) in [4.78, 5) is 26.5. The van der Waals surface area contributed by atoms with Gasteiger partial charge in [0.2, 0.25) is 0 Å². The van der Waals surface area contributed by atoms with Gasteiger partial charge in [-0.05, 0) is 30.3 Å². The Hall–Kier alpha value is -2.56. The predicted octanol–water partition coefficient (Wildman–Crippen LogP) is 2.12. The molecule has 0 bridgehead atoms. The fourth-order valence-electron chi connectivity index (χ4n) is 3.07. The number of rotatable bonds is 2. The van der Waals surface area contributed by atoms with Crippen molar-refractivity contribution in [2.24, 2.45) is 0 Å². The molecule has 1 unspecified atom stereocenters. The minimum Gasteiger partial charge on any atom is -0.392 e. The summed E-state index contributed by atoms with van der Waals surface area (Å²) in [7, 11) is 0. The SMILES string of the molecule is O=c1c2cccc3c2n(c(=O)n1C(O)CO)-c1cc(C(F)(F)F)ccc1S3. The van der Waals surface area contributed by atoms with Crippen molar-refractivity contribution in [3.8, 4) is 5.69 Å². The maximum atomic E-state index is 13.1. The van der Waals surface area contributed by atoms with Crippen LogP contribution < -0.4 is 11.2 Å². The zero-order valence-electron chi connectivity index (χ0n) is 13.4. The molecule has 1 atom stereocenters. The third-order valence-electron chi connectivity index (χ3n) is 4.28. The molecule has 2 N–H and O–H groups in total. The predicted molar refractivity (Wildman–Crippen MR) is 91.3 cm³/mol. The van der Waals surface area contributed by atoms with Crippen LogP contribution in [0.5, 0.6) is 0 Å². The van der Waals surface area contributed by atoms with Crippen molar-refractivity contribution in [2.75, 3.05) is 6.61 Å². The third kappa shape index (κ3) is 2.59. The summed E-state index contributed by atoms with van der Waals surface area (Å²) in [5.74, 6) is 0. The van der Waals surface area contributed by atoms with E-state index >= 15 is 0 Å². The summed E-state index contributed by atoms with van der Waals surface area (Å²) < 4.78 is 40.9.